The van der Waals surface area contributed by atoms with E-state index in [0.717, 1.165) is 22.4 Å². The SMILES string of the molecule is CCNc1cc(COc2cc(F)ccc2Br)ccn1. The molecule has 2 aromatic rings. The van der Waals surface area contributed by atoms with Gasteiger partial charge in [-0.05, 0) is 52.7 Å². The number of hydrogen-bond acceptors (Lipinski definition) is 3. The number of aromatic nitrogens is 1. The van der Waals surface area contributed by atoms with Crippen LogP contribution in [-0.4, -0.2) is 11.5 Å². The van der Waals surface area contributed by atoms with Crippen molar-refractivity contribution in [2.24, 2.45) is 0 Å². The smallest absolute Gasteiger partial charge is 0.136 e. The predicted octanol–water partition coefficient (Wildman–Crippen LogP) is 3.99. The van der Waals surface area contributed by atoms with E-state index in [-0.39, 0.29) is 5.82 Å². The van der Waals surface area contributed by atoms with Crippen LogP contribution >= 0.6 is 15.9 Å². The molecule has 0 radical (unpaired) electrons. The summed E-state index contributed by atoms with van der Waals surface area (Å²) in [7, 11) is 0. The van der Waals surface area contributed by atoms with Crippen molar-refractivity contribution in [3.8, 4) is 5.75 Å². The van der Waals surface area contributed by atoms with Gasteiger partial charge in [0.05, 0.1) is 4.47 Å². The van der Waals surface area contributed by atoms with Crippen molar-refractivity contribution in [2.75, 3.05) is 11.9 Å². The minimum Gasteiger partial charge on any atom is -0.488 e. The second-order valence-electron chi connectivity index (χ2n) is 3.94. The Bertz CT molecular complexity index is 563. The minimum absolute atomic E-state index is 0.318. The Morgan fingerprint density at radius 3 is 2.95 bits per heavy atom. The summed E-state index contributed by atoms with van der Waals surface area (Å²) >= 11 is 3.33. The molecular weight excluding hydrogens is 311 g/mol. The van der Waals surface area contributed by atoms with Gasteiger partial charge in [0.25, 0.3) is 0 Å². The van der Waals surface area contributed by atoms with Gasteiger partial charge < -0.3 is 10.1 Å². The molecule has 2 rings (SSSR count). The molecule has 5 heteroatoms. The van der Waals surface area contributed by atoms with Gasteiger partial charge in [-0.3, -0.25) is 0 Å². The molecule has 19 heavy (non-hydrogen) atoms. The number of nitrogens with zero attached hydrogens (tertiary/aromatic N) is 1. The number of anilines is 1. The standard InChI is InChI=1S/C14H14BrFN2O/c1-2-17-14-7-10(5-6-18-14)9-19-13-8-11(16)3-4-12(13)15/h3-8H,2,9H2,1H3,(H,17,18). The van der Waals surface area contributed by atoms with Crippen LogP contribution in [0.25, 0.3) is 0 Å². The van der Waals surface area contributed by atoms with E-state index in [9.17, 15) is 4.39 Å². The Balaban J connectivity index is 2.05. The van der Waals surface area contributed by atoms with E-state index in [1.807, 2.05) is 19.1 Å². The first kappa shape index (κ1) is 13.8. The maximum absolute atomic E-state index is 13.1. The lowest BCUT2D eigenvalue weighted by Crippen LogP contribution is -2.02. The zero-order valence-corrected chi connectivity index (χ0v) is 12.1. The number of halogens is 2. The van der Waals surface area contributed by atoms with E-state index >= 15 is 0 Å². The molecule has 1 aromatic carbocycles. The molecule has 0 bridgehead atoms. The molecule has 0 saturated heterocycles. The first-order chi connectivity index (χ1) is 9.19. The molecule has 0 fully saturated rings. The van der Waals surface area contributed by atoms with Crippen molar-refractivity contribution in [3.63, 3.8) is 0 Å². The fourth-order valence-corrected chi connectivity index (χ4v) is 1.95. The highest BCUT2D eigenvalue weighted by Gasteiger charge is 2.04. The molecular formula is C14H14BrFN2O. The van der Waals surface area contributed by atoms with E-state index in [0.29, 0.717) is 12.4 Å². The van der Waals surface area contributed by atoms with E-state index < -0.39 is 0 Å². The zero-order chi connectivity index (χ0) is 13.7. The van der Waals surface area contributed by atoms with Gasteiger partial charge in [-0.1, -0.05) is 0 Å². The summed E-state index contributed by atoms with van der Waals surface area (Å²) in [5.74, 6) is 0.977. The molecule has 100 valence electrons. The van der Waals surface area contributed by atoms with Crippen LogP contribution in [0.2, 0.25) is 0 Å². The molecule has 1 heterocycles. The molecule has 1 aromatic heterocycles. The number of hydrogen-bond donors (Lipinski definition) is 1. The lowest BCUT2D eigenvalue weighted by molar-refractivity contribution is 0.302. The molecule has 0 aliphatic carbocycles. The summed E-state index contributed by atoms with van der Waals surface area (Å²) in [4.78, 5) is 4.18. The van der Waals surface area contributed by atoms with E-state index in [1.54, 1.807) is 12.3 Å². The van der Waals surface area contributed by atoms with Crippen LogP contribution in [-0.2, 0) is 6.61 Å². The summed E-state index contributed by atoms with van der Waals surface area (Å²) in [5, 5.41) is 3.13. The van der Waals surface area contributed by atoms with Crippen LogP contribution < -0.4 is 10.1 Å². The summed E-state index contributed by atoms with van der Waals surface area (Å²) in [6.07, 6.45) is 1.72. The molecule has 0 spiro atoms. The van der Waals surface area contributed by atoms with Crippen LogP contribution in [0, 0.1) is 5.82 Å². The summed E-state index contributed by atoms with van der Waals surface area (Å²) in [6, 6.07) is 8.15. The molecule has 0 atom stereocenters. The lowest BCUT2D eigenvalue weighted by Gasteiger charge is -2.09. The van der Waals surface area contributed by atoms with Gasteiger partial charge >= 0.3 is 0 Å². The van der Waals surface area contributed by atoms with Crippen LogP contribution in [0.3, 0.4) is 0 Å². The van der Waals surface area contributed by atoms with Crippen LogP contribution in [0.5, 0.6) is 5.75 Å². The van der Waals surface area contributed by atoms with Crippen molar-refractivity contribution in [1.82, 2.24) is 4.98 Å². The third-order valence-corrected chi connectivity index (χ3v) is 3.12. The summed E-state index contributed by atoms with van der Waals surface area (Å²) in [6.45, 7) is 3.18. The number of rotatable bonds is 5. The van der Waals surface area contributed by atoms with Crippen LogP contribution in [0.15, 0.2) is 41.0 Å². The Hall–Kier alpha value is -1.62. The maximum Gasteiger partial charge on any atom is 0.136 e. The molecule has 1 N–H and O–H groups in total. The Morgan fingerprint density at radius 2 is 2.16 bits per heavy atom. The van der Waals surface area contributed by atoms with Crippen molar-refractivity contribution in [2.45, 2.75) is 13.5 Å². The van der Waals surface area contributed by atoms with Crippen molar-refractivity contribution in [3.05, 3.63) is 52.4 Å². The molecule has 0 amide bonds. The fourth-order valence-electron chi connectivity index (χ4n) is 1.59. The van der Waals surface area contributed by atoms with Crippen LogP contribution in [0.4, 0.5) is 10.2 Å². The van der Waals surface area contributed by atoms with Crippen molar-refractivity contribution in [1.29, 1.82) is 0 Å². The quantitative estimate of drug-likeness (QED) is 0.902. The summed E-state index contributed by atoms with van der Waals surface area (Å²) in [5.41, 5.74) is 0.974. The third-order valence-electron chi connectivity index (χ3n) is 2.47. The average molecular weight is 325 g/mol. The van der Waals surface area contributed by atoms with Gasteiger partial charge in [-0.25, -0.2) is 9.37 Å². The third kappa shape index (κ3) is 3.92. The zero-order valence-electron chi connectivity index (χ0n) is 10.5. The fraction of sp³-hybridized carbons (Fsp3) is 0.214. The van der Waals surface area contributed by atoms with Crippen molar-refractivity contribution >= 4 is 21.7 Å². The Kier molecular flexibility index (Phi) is 4.74. The highest BCUT2D eigenvalue weighted by atomic mass is 79.9. The van der Waals surface area contributed by atoms with E-state index in [1.165, 1.54) is 12.1 Å². The topological polar surface area (TPSA) is 34.1 Å². The van der Waals surface area contributed by atoms with Gasteiger partial charge in [0.1, 0.15) is 24.0 Å². The first-order valence-corrected chi connectivity index (χ1v) is 6.75. The largest absolute Gasteiger partial charge is 0.488 e. The predicted molar refractivity (Wildman–Crippen MR) is 76.8 cm³/mol. The van der Waals surface area contributed by atoms with Crippen LogP contribution in [0.1, 0.15) is 12.5 Å². The number of pyridine rings is 1. The lowest BCUT2D eigenvalue weighted by atomic mass is 10.2. The Morgan fingerprint density at radius 1 is 1.32 bits per heavy atom. The average Bonchev–Trinajstić information content (AvgIpc) is 2.41. The first-order valence-electron chi connectivity index (χ1n) is 5.95. The molecule has 0 unspecified atom stereocenters. The Labute approximate surface area is 119 Å². The number of ether oxygens (including phenoxy) is 1. The summed E-state index contributed by atoms with van der Waals surface area (Å²) < 4.78 is 19.4. The minimum atomic E-state index is -0.318. The molecule has 0 aliphatic heterocycles. The monoisotopic (exact) mass is 324 g/mol. The second kappa shape index (κ2) is 6.52. The van der Waals surface area contributed by atoms with E-state index in [4.69, 9.17) is 4.74 Å². The maximum atomic E-state index is 13.1. The highest BCUT2D eigenvalue weighted by molar-refractivity contribution is 9.10. The molecule has 0 saturated carbocycles. The van der Waals surface area contributed by atoms with Gasteiger partial charge in [0, 0.05) is 18.8 Å². The second-order valence-corrected chi connectivity index (χ2v) is 4.80. The molecule has 3 nitrogen and oxygen atoms in total. The number of nitrogens with one attached hydrogen (secondary N) is 1. The highest BCUT2D eigenvalue weighted by Crippen LogP contribution is 2.26. The van der Waals surface area contributed by atoms with Gasteiger partial charge in [-0.2, -0.15) is 0 Å². The van der Waals surface area contributed by atoms with Gasteiger partial charge in [0.15, 0.2) is 0 Å². The van der Waals surface area contributed by atoms with E-state index in [2.05, 4.69) is 26.2 Å². The normalized spacial score (nSPS) is 10.3. The number of benzene rings is 1. The van der Waals surface area contributed by atoms with Gasteiger partial charge in [0.2, 0.25) is 0 Å². The van der Waals surface area contributed by atoms with Crippen molar-refractivity contribution < 1.29 is 9.13 Å². The molecule has 0 aliphatic rings. The van der Waals surface area contributed by atoms with Gasteiger partial charge in [-0.15, -0.1) is 0 Å².